The third kappa shape index (κ3) is 3.34. The Morgan fingerprint density at radius 3 is 2.71 bits per heavy atom. The van der Waals surface area contributed by atoms with Crippen LogP contribution in [0.1, 0.15) is 23.7 Å². The standard InChI is InChI=1S/C13H17NO6S/c1-13(5-6-20-8-13)14-21(17,18)11-7-9(12(15)16)3-4-10(11)19-2/h3-4,7,14H,5-6,8H2,1-2H3,(H,15,16). The van der Waals surface area contributed by atoms with E-state index in [1.165, 1.54) is 19.2 Å². The van der Waals surface area contributed by atoms with Crippen molar-refractivity contribution in [1.29, 1.82) is 0 Å². The summed E-state index contributed by atoms with van der Waals surface area (Å²) in [5, 5.41) is 9.00. The Morgan fingerprint density at radius 1 is 1.48 bits per heavy atom. The van der Waals surface area contributed by atoms with E-state index < -0.39 is 21.5 Å². The highest BCUT2D eigenvalue weighted by atomic mass is 32.2. The molecule has 21 heavy (non-hydrogen) atoms. The molecular weight excluding hydrogens is 298 g/mol. The van der Waals surface area contributed by atoms with Gasteiger partial charge in [-0.3, -0.25) is 0 Å². The Morgan fingerprint density at radius 2 is 2.19 bits per heavy atom. The Balaban J connectivity index is 2.42. The molecule has 0 amide bonds. The van der Waals surface area contributed by atoms with Crippen LogP contribution < -0.4 is 9.46 Å². The molecule has 116 valence electrons. The largest absolute Gasteiger partial charge is 0.495 e. The molecule has 1 saturated heterocycles. The molecule has 1 aliphatic heterocycles. The van der Waals surface area contributed by atoms with Crippen LogP contribution in [-0.4, -0.2) is 45.4 Å². The second-order valence-corrected chi connectivity index (χ2v) is 6.79. The van der Waals surface area contributed by atoms with Gasteiger partial charge in [-0.25, -0.2) is 17.9 Å². The monoisotopic (exact) mass is 315 g/mol. The van der Waals surface area contributed by atoms with E-state index in [4.69, 9.17) is 14.6 Å². The lowest BCUT2D eigenvalue weighted by Crippen LogP contribution is -2.46. The lowest BCUT2D eigenvalue weighted by atomic mass is 10.0. The SMILES string of the molecule is COc1ccc(C(=O)O)cc1S(=O)(=O)NC1(C)CCOC1. The molecule has 1 heterocycles. The van der Waals surface area contributed by atoms with Gasteiger partial charge in [-0.05, 0) is 31.5 Å². The molecule has 0 radical (unpaired) electrons. The van der Waals surface area contributed by atoms with E-state index in [1.54, 1.807) is 6.92 Å². The fourth-order valence-corrected chi connectivity index (χ4v) is 3.76. The van der Waals surface area contributed by atoms with Gasteiger partial charge < -0.3 is 14.6 Å². The Bertz CT molecular complexity index is 649. The number of sulfonamides is 1. The highest BCUT2D eigenvalue weighted by Gasteiger charge is 2.35. The van der Waals surface area contributed by atoms with Gasteiger partial charge in [0.2, 0.25) is 10.0 Å². The van der Waals surface area contributed by atoms with Gasteiger partial charge in [0, 0.05) is 6.61 Å². The molecule has 0 spiro atoms. The predicted octanol–water partition coefficient (Wildman–Crippen LogP) is 0.851. The van der Waals surface area contributed by atoms with E-state index in [2.05, 4.69) is 4.72 Å². The van der Waals surface area contributed by atoms with E-state index in [9.17, 15) is 13.2 Å². The Labute approximate surface area is 122 Å². The second-order valence-electron chi connectivity index (χ2n) is 5.14. The number of rotatable bonds is 5. The molecule has 1 aromatic carbocycles. The molecule has 1 unspecified atom stereocenters. The van der Waals surface area contributed by atoms with Gasteiger partial charge in [0.05, 0.1) is 24.8 Å². The van der Waals surface area contributed by atoms with Crippen molar-refractivity contribution in [2.24, 2.45) is 0 Å². The summed E-state index contributed by atoms with van der Waals surface area (Å²) < 4.78 is 37.8. The van der Waals surface area contributed by atoms with E-state index in [1.807, 2.05) is 0 Å². The van der Waals surface area contributed by atoms with Crippen LogP contribution in [0.5, 0.6) is 5.75 Å². The van der Waals surface area contributed by atoms with E-state index in [-0.39, 0.29) is 22.8 Å². The second kappa shape index (κ2) is 5.63. The van der Waals surface area contributed by atoms with Crippen LogP contribution in [0.3, 0.4) is 0 Å². The molecule has 1 fully saturated rings. The van der Waals surface area contributed by atoms with Gasteiger partial charge in [0.25, 0.3) is 0 Å². The number of benzene rings is 1. The average Bonchev–Trinajstić information content (AvgIpc) is 2.83. The summed E-state index contributed by atoms with van der Waals surface area (Å²) >= 11 is 0. The number of carbonyl (C=O) groups is 1. The van der Waals surface area contributed by atoms with E-state index >= 15 is 0 Å². The minimum Gasteiger partial charge on any atom is -0.495 e. The number of methoxy groups -OCH3 is 1. The fraction of sp³-hybridized carbons (Fsp3) is 0.462. The lowest BCUT2D eigenvalue weighted by molar-refractivity contribution is 0.0696. The van der Waals surface area contributed by atoms with Gasteiger partial charge >= 0.3 is 5.97 Å². The smallest absolute Gasteiger partial charge is 0.335 e. The zero-order valence-corrected chi connectivity index (χ0v) is 12.6. The number of aromatic carboxylic acids is 1. The molecule has 1 atom stereocenters. The molecule has 8 heteroatoms. The maximum Gasteiger partial charge on any atom is 0.335 e. The van der Waals surface area contributed by atoms with Crippen molar-refractivity contribution in [2.75, 3.05) is 20.3 Å². The molecule has 7 nitrogen and oxygen atoms in total. The van der Waals surface area contributed by atoms with Crippen LogP contribution in [0.25, 0.3) is 0 Å². The van der Waals surface area contributed by atoms with Crippen molar-refractivity contribution in [1.82, 2.24) is 4.72 Å². The normalized spacial score (nSPS) is 22.2. The van der Waals surface area contributed by atoms with Crippen LogP contribution in [0.15, 0.2) is 23.1 Å². The summed E-state index contributed by atoms with van der Waals surface area (Å²) in [5.41, 5.74) is -0.827. The highest BCUT2D eigenvalue weighted by molar-refractivity contribution is 7.89. The van der Waals surface area contributed by atoms with Gasteiger partial charge in [0.1, 0.15) is 10.6 Å². The first-order valence-corrected chi connectivity index (χ1v) is 7.79. The minimum absolute atomic E-state index is 0.0926. The van der Waals surface area contributed by atoms with Crippen LogP contribution in [0.2, 0.25) is 0 Å². The van der Waals surface area contributed by atoms with E-state index in [0.29, 0.717) is 13.0 Å². The van der Waals surface area contributed by atoms with Crippen molar-refractivity contribution in [3.63, 3.8) is 0 Å². The topological polar surface area (TPSA) is 102 Å². The zero-order chi connectivity index (χ0) is 15.7. The van der Waals surface area contributed by atoms with Gasteiger partial charge in [-0.2, -0.15) is 0 Å². The molecule has 2 rings (SSSR count). The molecule has 0 aromatic heterocycles. The van der Waals surface area contributed by atoms with Crippen LogP contribution in [0.4, 0.5) is 0 Å². The first kappa shape index (κ1) is 15.7. The van der Waals surface area contributed by atoms with Gasteiger partial charge in [-0.1, -0.05) is 0 Å². The number of carboxylic acids is 1. The third-order valence-corrected chi connectivity index (χ3v) is 4.96. The number of hydrogen-bond donors (Lipinski definition) is 2. The summed E-state index contributed by atoms with van der Waals surface area (Å²) in [7, 11) is -2.59. The van der Waals surface area contributed by atoms with Crippen molar-refractivity contribution >= 4 is 16.0 Å². The maximum atomic E-state index is 12.5. The zero-order valence-electron chi connectivity index (χ0n) is 11.8. The quantitative estimate of drug-likeness (QED) is 0.835. The molecule has 0 aliphatic carbocycles. The molecule has 1 aromatic rings. The number of hydrogen-bond acceptors (Lipinski definition) is 5. The summed E-state index contributed by atoms with van der Waals surface area (Å²) in [5.74, 6) is -1.11. The third-order valence-electron chi connectivity index (χ3n) is 3.30. The van der Waals surface area contributed by atoms with Crippen molar-refractivity contribution < 1.29 is 27.8 Å². The first-order chi connectivity index (χ1) is 9.77. The van der Waals surface area contributed by atoms with Crippen LogP contribution >= 0.6 is 0 Å². The maximum absolute atomic E-state index is 12.5. The van der Waals surface area contributed by atoms with Crippen LogP contribution in [-0.2, 0) is 14.8 Å². The van der Waals surface area contributed by atoms with Gasteiger partial charge in [-0.15, -0.1) is 0 Å². The summed E-state index contributed by atoms with van der Waals surface area (Å²) in [6.07, 6.45) is 0.549. The van der Waals surface area contributed by atoms with Crippen LogP contribution in [0, 0.1) is 0 Å². The van der Waals surface area contributed by atoms with Crippen molar-refractivity contribution in [2.45, 2.75) is 23.8 Å². The Hall–Kier alpha value is -1.64. The summed E-state index contributed by atoms with van der Waals surface area (Å²) in [6, 6.07) is 3.70. The highest BCUT2D eigenvalue weighted by Crippen LogP contribution is 2.28. The van der Waals surface area contributed by atoms with Gasteiger partial charge in [0.15, 0.2) is 0 Å². The first-order valence-electron chi connectivity index (χ1n) is 6.30. The number of ether oxygens (including phenoxy) is 2. The summed E-state index contributed by atoms with van der Waals surface area (Å²) in [6.45, 7) is 2.49. The van der Waals surface area contributed by atoms with Crippen molar-refractivity contribution in [3.8, 4) is 5.75 Å². The molecule has 0 saturated carbocycles. The summed E-state index contributed by atoms with van der Waals surface area (Å²) in [4.78, 5) is 10.8. The molecule has 1 aliphatic rings. The Kier molecular flexibility index (Phi) is 4.22. The van der Waals surface area contributed by atoms with Crippen molar-refractivity contribution in [3.05, 3.63) is 23.8 Å². The minimum atomic E-state index is -3.92. The molecular formula is C13H17NO6S. The fourth-order valence-electron chi connectivity index (χ4n) is 2.15. The lowest BCUT2D eigenvalue weighted by Gasteiger charge is -2.23. The van der Waals surface area contributed by atoms with E-state index in [0.717, 1.165) is 6.07 Å². The average molecular weight is 315 g/mol. The number of nitrogens with one attached hydrogen (secondary N) is 1. The predicted molar refractivity (Wildman–Crippen MR) is 74.1 cm³/mol. The number of carboxylic acid groups (broad SMARTS) is 1. The molecule has 2 N–H and O–H groups in total. The molecule has 0 bridgehead atoms.